The fourth-order valence-corrected chi connectivity index (χ4v) is 4.34. The molecular weight excluding hydrogens is 410 g/mol. The monoisotopic (exact) mass is 439 g/mol. The van der Waals surface area contributed by atoms with Gasteiger partial charge in [-0.1, -0.05) is 11.6 Å². The van der Waals surface area contributed by atoms with Crippen molar-refractivity contribution in [2.24, 2.45) is 0 Å². The SMILES string of the molecule is Cc1ccc2c(c1)C(=O)NCC1(CCC(=O)N(C(C)C(=O)NC(C)c3ccco3)CC1)O2. The number of carbonyl (C=O) groups excluding carboxylic acids is 3. The van der Waals surface area contributed by atoms with Crippen molar-refractivity contribution in [2.75, 3.05) is 13.1 Å². The van der Waals surface area contributed by atoms with E-state index >= 15 is 0 Å². The van der Waals surface area contributed by atoms with Crippen molar-refractivity contribution >= 4 is 17.7 Å². The number of benzene rings is 1. The predicted octanol–water partition coefficient (Wildman–Crippen LogP) is 2.73. The molecule has 2 aromatic rings. The van der Waals surface area contributed by atoms with Crippen LogP contribution in [0.15, 0.2) is 41.0 Å². The lowest BCUT2D eigenvalue weighted by Gasteiger charge is -2.33. The van der Waals surface area contributed by atoms with Crippen molar-refractivity contribution in [1.29, 1.82) is 0 Å². The molecule has 1 aromatic heterocycles. The number of rotatable bonds is 4. The molecule has 3 unspecified atom stereocenters. The quantitative estimate of drug-likeness (QED) is 0.763. The van der Waals surface area contributed by atoms with Gasteiger partial charge in [0, 0.05) is 19.4 Å². The van der Waals surface area contributed by atoms with Crippen LogP contribution >= 0.6 is 0 Å². The van der Waals surface area contributed by atoms with Crippen LogP contribution in [0.4, 0.5) is 0 Å². The second-order valence-corrected chi connectivity index (χ2v) is 8.73. The fourth-order valence-electron chi connectivity index (χ4n) is 4.34. The lowest BCUT2D eigenvalue weighted by molar-refractivity contribution is -0.139. The molecule has 0 radical (unpaired) electrons. The van der Waals surface area contributed by atoms with E-state index in [9.17, 15) is 14.4 Å². The summed E-state index contributed by atoms with van der Waals surface area (Å²) in [5.74, 6) is 0.674. The Kier molecular flexibility index (Phi) is 5.95. The van der Waals surface area contributed by atoms with E-state index in [4.69, 9.17) is 9.15 Å². The standard InChI is InChI=1S/C24H29N3O5/c1-15-6-7-20-18(13-15)23(30)25-14-24(32-20)9-8-21(28)27(11-10-24)17(3)22(29)26-16(2)19-5-4-12-31-19/h4-7,12-13,16-17H,8-11,14H2,1-3H3,(H,25,30)(H,26,29). The first-order chi connectivity index (χ1) is 15.3. The van der Waals surface area contributed by atoms with E-state index in [1.165, 1.54) is 0 Å². The van der Waals surface area contributed by atoms with Gasteiger partial charge in [-0.05, 0) is 51.5 Å². The van der Waals surface area contributed by atoms with Crippen LogP contribution in [0.5, 0.6) is 5.75 Å². The number of aryl methyl sites for hydroxylation is 1. The molecular formula is C24H29N3O5. The van der Waals surface area contributed by atoms with Gasteiger partial charge >= 0.3 is 0 Å². The highest BCUT2D eigenvalue weighted by Crippen LogP contribution is 2.34. The van der Waals surface area contributed by atoms with Gasteiger partial charge in [-0.2, -0.15) is 0 Å². The molecule has 3 atom stereocenters. The van der Waals surface area contributed by atoms with Crippen LogP contribution in [-0.2, 0) is 9.59 Å². The van der Waals surface area contributed by atoms with Crippen LogP contribution in [0, 0.1) is 6.92 Å². The van der Waals surface area contributed by atoms with Crippen molar-refractivity contribution in [3.05, 3.63) is 53.5 Å². The van der Waals surface area contributed by atoms with E-state index in [0.717, 1.165) is 5.56 Å². The molecule has 2 aliphatic rings. The average molecular weight is 440 g/mol. The largest absolute Gasteiger partial charge is 0.485 e. The first kappa shape index (κ1) is 21.9. The van der Waals surface area contributed by atoms with Gasteiger partial charge in [0.05, 0.1) is 24.4 Å². The second kappa shape index (κ2) is 8.68. The van der Waals surface area contributed by atoms with Gasteiger partial charge in [-0.3, -0.25) is 14.4 Å². The summed E-state index contributed by atoms with van der Waals surface area (Å²) in [5, 5.41) is 5.87. The Morgan fingerprint density at radius 3 is 2.78 bits per heavy atom. The van der Waals surface area contributed by atoms with Gasteiger partial charge in [0.2, 0.25) is 11.8 Å². The molecule has 1 spiro atoms. The predicted molar refractivity (Wildman–Crippen MR) is 117 cm³/mol. The van der Waals surface area contributed by atoms with Crippen molar-refractivity contribution in [3.63, 3.8) is 0 Å². The van der Waals surface area contributed by atoms with Crippen molar-refractivity contribution < 1.29 is 23.5 Å². The zero-order chi connectivity index (χ0) is 22.9. The van der Waals surface area contributed by atoms with Gasteiger partial charge in [0.15, 0.2) is 0 Å². The summed E-state index contributed by atoms with van der Waals surface area (Å²) >= 11 is 0. The molecule has 8 heteroatoms. The zero-order valence-electron chi connectivity index (χ0n) is 18.6. The maximum Gasteiger partial charge on any atom is 0.255 e. The van der Waals surface area contributed by atoms with Gasteiger partial charge in [-0.15, -0.1) is 0 Å². The molecule has 1 saturated heterocycles. The molecule has 3 heterocycles. The number of fused-ring (bicyclic) bond motifs is 1. The number of nitrogens with zero attached hydrogens (tertiary/aromatic N) is 1. The van der Waals surface area contributed by atoms with Gasteiger partial charge in [0.25, 0.3) is 5.91 Å². The number of likely N-dealkylation sites (tertiary alicyclic amines) is 1. The maximum atomic E-state index is 12.9. The fraction of sp³-hybridized carbons (Fsp3) is 0.458. The lowest BCUT2D eigenvalue weighted by Crippen LogP contribution is -2.49. The molecule has 1 fully saturated rings. The third kappa shape index (κ3) is 4.35. The zero-order valence-corrected chi connectivity index (χ0v) is 18.6. The van der Waals surface area contributed by atoms with E-state index in [0.29, 0.717) is 43.0 Å². The molecule has 4 rings (SSSR count). The smallest absolute Gasteiger partial charge is 0.255 e. The molecule has 0 saturated carbocycles. The third-order valence-electron chi connectivity index (χ3n) is 6.38. The maximum absolute atomic E-state index is 12.9. The molecule has 0 aliphatic carbocycles. The van der Waals surface area contributed by atoms with E-state index in [1.807, 2.05) is 32.0 Å². The minimum absolute atomic E-state index is 0.0986. The highest BCUT2D eigenvalue weighted by molar-refractivity contribution is 5.97. The topological polar surface area (TPSA) is 101 Å². The van der Waals surface area contributed by atoms with Gasteiger partial charge in [-0.25, -0.2) is 0 Å². The minimum Gasteiger partial charge on any atom is -0.485 e. The third-order valence-corrected chi connectivity index (χ3v) is 6.38. The molecule has 8 nitrogen and oxygen atoms in total. The Hall–Kier alpha value is -3.29. The molecule has 32 heavy (non-hydrogen) atoms. The Morgan fingerprint density at radius 1 is 1.22 bits per heavy atom. The number of ether oxygens (including phenoxy) is 1. The summed E-state index contributed by atoms with van der Waals surface area (Å²) in [5.41, 5.74) is 0.788. The van der Waals surface area contributed by atoms with E-state index < -0.39 is 11.6 Å². The van der Waals surface area contributed by atoms with Crippen LogP contribution in [-0.4, -0.2) is 47.4 Å². The number of hydrogen-bond donors (Lipinski definition) is 2. The Morgan fingerprint density at radius 2 is 2.03 bits per heavy atom. The van der Waals surface area contributed by atoms with E-state index in [-0.39, 0.29) is 30.2 Å². The molecule has 170 valence electrons. The van der Waals surface area contributed by atoms with Crippen molar-refractivity contribution in [3.8, 4) is 5.75 Å². The van der Waals surface area contributed by atoms with Crippen LogP contribution < -0.4 is 15.4 Å². The summed E-state index contributed by atoms with van der Waals surface area (Å²) < 4.78 is 11.7. The summed E-state index contributed by atoms with van der Waals surface area (Å²) in [6.07, 6.45) is 2.78. The lowest BCUT2D eigenvalue weighted by atomic mass is 9.94. The minimum atomic E-state index is -0.696. The normalized spacial score (nSPS) is 22.8. The molecule has 2 N–H and O–H groups in total. The summed E-state index contributed by atoms with van der Waals surface area (Å²) in [4.78, 5) is 39.9. The first-order valence-corrected chi connectivity index (χ1v) is 11.0. The Bertz CT molecular complexity index is 1020. The van der Waals surface area contributed by atoms with Crippen molar-refractivity contribution in [1.82, 2.24) is 15.5 Å². The number of carbonyl (C=O) groups is 3. The van der Waals surface area contributed by atoms with Crippen LogP contribution in [0.1, 0.15) is 60.8 Å². The number of amides is 3. The van der Waals surface area contributed by atoms with Crippen LogP contribution in [0.25, 0.3) is 0 Å². The second-order valence-electron chi connectivity index (χ2n) is 8.73. The molecule has 2 aliphatic heterocycles. The van der Waals surface area contributed by atoms with E-state index in [1.54, 1.807) is 30.2 Å². The number of nitrogens with one attached hydrogen (secondary N) is 2. The van der Waals surface area contributed by atoms with Crippen LogP contribution in [0.2, 0.25) is 0 Å². The first-order valence-electron chi connectivity index (χ1n) is 11.0. The number of hydrogen-bond acceptors (Lipinski definition) is 5. The van der Waals surface area contributed by atoms with Gasteiger partial charge < -0.3 is 24.7 Å². The molecule has 3 amide bonds. The molecule has 1 aromatic carbocycles. The van der Waals surface area contributed by atoms with E-state index in [2.05, 4.69) is 10.6 Å². The highest BCUT2D eigenvalue weighted by atomic mass is 16.5. The Labute approximate surface area is 187 Å². The number of furan rings is 1. The van der Waals surface area contributed by atoms with Gasteiger partial charge in [0.1, 0.15) is 23.2 Å². The van der Waals surface area contributed by atoms with Crippen molar-refractivity contribution in [2.45, 2.75) is 57.7 Å². The molecule has 0 bridgehead atoms. The summed E-state index contributed by atoms with van der Waals surface area (Å²) in [6, 6.07) is 8.17. The summed E-state index contributed by atoms with van der Waals surface area (Å²) in [6.45, 7) is 6.17. The Balaban J connectivity index is 1.47. The van der Waals surface area contributed by atoms with Crippen LogP contribution in [0.3, 0.4) is 0 Å². The average Bonchev–Trinajstić information content (AvgIpc) is 3.22. The highest BCUT2D eigenvalue weighted by Gasteiger charge is 2.42. The summed E-state index contributed by atoms with van der Waals surface area (Å²) in [7, 11) is 0.